The molecule has 2 aromatic carbocycles. The number of nitrogens with zero attached hydrogens (tertiary/aromatic N) is 1. The van der Waals surface area contributed by atoms with Crippen molar-refractivity contribution in [2.45, 2.75) is 0 Å². The van der Waals surface area contributed by atoms with E-state index in [0.717, 1.165) is 48.7 Å². The van der Waals surface area contributed by atoms with Crippen molar-refractivity contribution >= 4 is 38.7 Å². The van der Waals surface area contributed by atoms with Crippen LogP contribution >= 0.6 is 11.3 Å². The fourth-order valence-electron chi connectivity index (χ4n) is 3.18. The topological polar surface area (TPSA) is 76.8 Å². The van der Waals surface area contributed by atoms with Crippen LogP contribution in [0.4, 0.5) is 11.4 Å². The standard InChI is InChI=1S/C21H23N3O3S/c22-16-4-1-2-5-17(16)23-21(25)20-14-15-18(6-3-7-19(15)28-20)27-13-10-24-8-11-26-12-9-24/h1-7,14H,8-13,22H2,(H,23,25). The summed E-state index contributed by atoms with van der Waals surface area (Å²) >= 11 is 1.45. The molecule has 0 radical (unpaired) electrons. The molecule has 0 aliphatic carbocycles. The van der Waals surface area contributed by atoms with Gasteiger partial charge in [-0.05, 0) is 30.3 Å². The Morgan fingerprint density at radius 2 is 2.00 bits per heavy atom. The number of rotatable bonds is 6. The maximum atomic E-state index is 12.7. The molecule has 3 N–H and O–H groups in total. The summed E-state index contributed by atoms with van der Waals surface area (Å²) in [6.45, 7) is 4.93. The van der Waals surface area contributed by atoms with Crippen LogP contribution in [0, 0.1) is 0 Å². The lowest BCUT2D eigenvalue weighted by Gasteiger charge is -2.26. The lowest BCUT2D eigenvalue weighted by atomic mass is 10.2. The van der Waals surface area contributed by atoms with E-state index in [1.807, 2.05) is 36.4 Å². The van der Waals surface area contributed by atoms with Crippen LogP contribution in [0.15, 0.2) is 48.5 Å². The highest BCUT2D eigenvalue weighted by atomic mass is 32.1. The number of carbonyl (C=O) groups excluding carboxylic acids is 1. The number of nitrogens with two attached hydrogens (primary N) is 1. The molecular formula is C21H23N3O3S. The van der Waals surface area contributed by atoms with Gasteiger partial charge in [0.2, 0.25) is 0 Å². The van der Waals surface area contributed by atoms with Gasteiger partial charge in [-0.2, -0.15) is 0 Å². The molecule has 0 unspecified atom stereocenters. The highest BCUT2D eigenvalue weighted by Gasteiger charge is 2.15. The molecule has 6 nitrogen and oxygen atoms in total. The number of benzene rings is 2. The van der Waals surface area contributed by atoms with Gasteiger partial charge in [0.05, 0.1) is 29.5 Å². The molecule has 0 atom stereocenters. The normalized spacial score (nSPS) is 14.9. The second-order valence-corrected chi connectivity index (χ2v) is 7.71. The van der Waals surface area contributed by atoms with Crippen molar-refractivity contribution in [3.05, 3.63) is 53.4 Å². The van der Waals surface area contributed by atoms with Gasteiger partial charge in [-0.15, -0.1) is 11.3 Å². The second-order valence-electron chi connectivity index (χ2n) is 6.62. The number of thiophene rings is 1. The smallest absolute Gasteiger partial charge is 0.265 e. The van der Waals surface area contributed by atoms with Crippen LogP contribution in [0.3, 0.4) is 0 Å². The van der Waals surface area contributed by atoms with Gasteiger partial charge in [-0.25, -0.2) is 0 Å². The Balaban J connectivity index is 1.45. The molecule has 1 fully saturated rings. The van der Waals surface area contributed by atoms with E-state index < -0.39 is 0 Å². The first kappa shape index (κ1) is 18.7. The van der Waals surface area contributed by atoms with E-state index in [2.05, 4.69) is 10.2 Å². The molecule has 2 heterocycles. The Morgan fingerprint density at radius 3 is 2.82 bits per heavy atom. The number of hydrogen-bond acceptors (Lipinski definition) is 6. The van der Waals surface area contributed by atoms with Crippen LogP contribution in [-0.4, -0.2) is 50.3 Å². The number of anilines is 2. The lowest BCUT2D eigenvalue weighted by Crippen LogP contribution is -2.38. The monoisotopic (exact) mass is 397 g/mol. The summed E-state index contributed by atoms with van der Waals surface area (Å²) in [5, 5.41) is 3.84. The SMILES string of the molecule is Nc1ccccc1NC(=O)c1cc2c(OCCN3CCOCC3)cccc2s1. The van der Waals surface area contributed by atoms with E-state index in [-0.39, 0.29) is 5.91 Å². The third kappa shape index (κ3) is 4.27. The van der Waals surface area contributed by atoms with Gasteiger partial charge in [0.25, 0.3) is 5.91 Å². The minimum Gasteiger partial charge on any atom is -0.492 e. The molecule has 28 heavy (non-hydrogen) atoms. The van der Waals surface area contributed by atoms with E-state index in [0.29, 0.717) is 22.9 Å². The minimum absolute atomic E-state index is 0.168. The molecule has 0 spiro atoms. The molecule has 146 valence electrons. The lowest BCUT2D eigenvalue weighted by molar-refractivity contribution is 0.0323. The van der Waals surface area contributed by atoms with Crippen LogP contribution in [0.1, 0.15) is 9.67 Å². The van der Waals surface area contributed by atoms with E-state index in [1.54, 1.807) is 12.1 Å². The van der Waals surface area contributed by atoms with E-state index in [4.69, 9.17) is 15.2 Å². The van der Waals surface area contributed by atoms with Crippen molar-refractivity contribution in [2.24, 2.45) is 0 Å². The molecule has 1 aromatic heterocycles. The highest BCUT2D eigenvalue weighted by molar-refractivity contribution is 7.21. The molecule has 0 saturated carbocycles. The quantitative estimate of drug-likeness (QED) is 0.623. The van der Waals surface area contributed by atoms with Gasteiger partial charge in [-0.3, -0.25) is 9.69 Å². The fraction of sp³-hybridized carbons (Fsp3) is 0.286. The Bertz CT molecular complexity index is 966. The first-order chi connectivity index (χ1) is 13.7. The van der Waals surface area contributed by atoms with Crippen LogP contribution < -0.4 is 15.8 Å². The van der Waals surface area contributed by atoms with Crippen LogP contribution in [-0.2, 0) is 4.74 Å². The minimum atomic E-state index is -0.168. The molecule has 3 aromatic rings. The van der Waals surface area contributed by atoms with Gasteiger partial charge in [-0.1, -0.05) is 18.2 Å². The first-order valence-corrected chi connectivity index (χ1v) is 10.1. The molecule has 1 saturated heterocycles. The number of hydrogen-bond donors (Lipinski definition) is 2. The van der Waals surface area contributed by atoms with Gasteiger partial charge >= 0.3 is 0 Å². The maximum absolute atomic E-state index is 12.7. The summed E-state index contributed by atoms with van der Waals surface area (Å²) in [5.41, 5.74) is 7.08. The average molecular weight is 398 g/mol. The van der Waals surface area contributed by atoms with Crippen molar-refractivity contribution < 1.29 is 14.3 Å². The predicted octanol–water partition coefficient (Wildman–Crippen LogP) is 3.45. The van der Waals surface area contributed by atoms with Crippen molar-refractivity contribution in [1.82, 2.24) is 4.90 Å². The van der Waals surface area contributed by atoms with E-state index in [1.165, 1.54) is 11.3 Å². The number of fused-ring (bicyclic) bond motifs is 1. The zero-order chi connectivity index (χ0) is 19.3. The number of para-hydroxylation sites is 2. The molecular weight excluding hydrogens is 374 g/mol. The van der Waals surface area contributed by atoms with Crippen LogP contribution in [0.2, 0.25) is 0 Å². The van der Waals surface area contributed by atoms with Crippen molar-refractivity contribution in [2.75, 3.05) is 50.5 Å². The largest absolute Gasteiger partial charge is 0.492 e. The van der Waals surface area contributed by atoms with E-state index in [9.17, 15) is 4.79 Å². The number of nitrogens with one attached hydrogen (secondary N) is 1. The fourth-order valence-corrected chi connectivity index (χ4v) is 4.15. The summed E-state index contributed by atoms with van der Waals surface area (Å²) in [5.74, 6) is 0.638. The third-order valence-electron chi connectivity index (χ3n) is 4.72. The Hall–Kier alpha value is -2.61. The first-order valence-electron chi connectivity index (χ1n) is 9.32. The molecule has 1 aliphatic heterocycles. The molecule has 1 amide bonds. The highest BCUT2D eigenvalue weighted by Crippen LogP contribution is 2.33. The Labute approximate surface area is 167 Å². The third-order valence-corrected chi connectivity index (χ3v) is 5.82. The number of nitrogen functional groups attached to an aromatic ring is 1. The van der Waals surface area contributed by atoms with Gasteiger partial charge < -0.3 is 20.5 Å². The summed E-state index contributed by atoms with van der Waals surface area (Å²) in [6, 6.07) is 15.0. The average Bonchev–Trinajstić information content (AvgIpc) is 3.16. The molecule has 1 aliphatic rings. The molecule has 0 bridgehead atoms. The second kappa shape index (κ2) is 8.60. The maximum Gasteiger partial charge on any atom is 0.265 e. The summed E-state index contributed by atoms with van der Waals surface area (Å²) in [4.78, 5) is 15.6. The Kier molecular flexibility index (Phi) is 5.76. The predicted molar refractivity (Wildman–Crippen MR) is 113 cm³/mol. The number of ether oxygens (including phenoxy) is 2. The van der Waals surface area contributed by atoms with E-state index >= 15 is 0 Å². The number of amides is 1. The molecule has 4 rings (SSSR count). The number of morpholine rings is 1. The van der Waals surface area contributed by atoms with Crippen molar-refractivity contribution in [3.8, 4) is 5.75 Å². The van der Waals surface area contributed by atoms with Gasteiger partial charge in [0.15, 0.2) is 0 Å². The van der Waals surface area contributed by atoms with Gasteiger partial charge in [0, 0.05) is 29.7 Å². The zero-order valence-corrected chi connectivity index (χ0v) is 16.3. The zero-order valence-electron chi connectivity index (χ0n) is 15.5. The van der Waals surface area contributed by atoms with Crippen molar-refractivity contribution in [1.29, 1.82) is 0 Å². The van der Waals surface area contributed by atoms with Crippen molar-refractivity contribution in [3.63, 3.8) is 0 Å². The van der Waals surface area contributed by atoms with Gasteiger partial charge in [0.1, 0.15) is 12.4 Å². The van der Waals surface area contributed by atoms with Crippen LogP contribution in [0.25, 0.3) is 10.1 Å². The number of carbonyl (C=O) groups is 1. The summed E-state index contributed by atoms with van der Waals surface area (Å²) in [6.07, 6.45) is 0. The molecule has 7 heteroatoms. The summed E-state index contributed by atoms with van der Waals surface area (Å²) in [7, 11) is 0. The Morgan fingerprint density at radius 1 is 1.18 bits per heavy atom. The summed E-state index contributed by atoms with van der Waals surface area (Å²) < 4.78 is 12.4. The van der Waals surface area contributed by atoms with Crippen LogP contribution in [0.5, 0.6) is 5.75 Å².